The SMILES string of the molecule is Cc1ccc(OCC(O)CN2CCCCC2)cc1C.Cl. The number of aliphatic hydroxyl groups excluding tert-OH is 1. The van der Waals surface area contributed by atoms with Gasteiger partial charge in [0.2, 0.25) is 0 Å². The Morgan fingerprint density at radius 1 is 1.15 bits per heavy atom. The quantitative estimate of drug-likeness (QED) is 0.907. The summed E-state index contributed by atoms with van der Waals surface area (Å²) in [4.78, 5) is 2.33. The van der Waals surface area contributed by atoms with Crippen LogP contribution in [0.2, 0.25) is 0 Å². The second-order valence-electron chi connectivity index (χ2n) is 5.57. The van der Waals surface area contributed by atoms with Crippen LogP contribution in [0.15, 0.2) is 18.2 Å². The van der Waals surface area contributed by atoms with Crippen molar-refractivity contribution in [1.82, 2.24) is 4.90 Å². The van der Waals surface area contributed by atoms with E-state index in [0.717, 1.165) is 25.4 Å². The van der Waals surface area contributed by atoms with Crippen LogP contribution in [0.3, 0.4) is 0 Å². The van der Waals surface area contributed by atoms with Crippen LogP contribution in [0.4, 0.5) is 0 Å². The van der Waals surface area contributed by atoms with Crippen LogP contribution in [-0.4, -0.2) is 42.4 Å². The zero-order valence-corrected chi connectivity index (χ0v) is 13.3. The number of β-amino-alcohol motifs (C(OH)–C–C–N with tert-alkyl or cyclic N) is 1. The van der Waals surface area contributed by atoms with Gasteiger partial charge in [0.05, 0.1) is 0 Å². The van der Waals surface area contributed by atoms with Gasteiger partial charge in [0.1, 0.15) is 18.5 Å². The molecule has 0 radical (unpaired) electrons. The van der Waals surface area contributed by atoms with Gasteiger partial charge in [-0.15, -0.1) is 12.4 Å². The van der Waals surface area contributed by atoms with E-state index in [9.17, 15) is 5.11 Å². The van der Waals surface area contributed by atoms with Crippen LogP contribution in [0, 0.1) is 13.8 Å². The Labute approximate surface area is 128 Å². The molecule has 0 spiro atoms. The lowest BCUT2D eigenvalue weighted by Gasteiger charge is -2.28. The van der Waals surface area contributed by atoms with Crippen molar-refractivity contribution >= 4 is 12.4 Å². The Hall–Kier alpha value is -0.770. The largest absolute Gasteiger partial charge is 0.491 e. The maximum Gasteiger partial charge on any atom is 0.119 e. The molecule has 4 heteroatoms. The summed E-state index contributed by atoms with van der Waals surface area (Å²) in [6.07, 6.45) is 3.43. The second kappa shape index (κ2) is 8.50. The zero-order chi connectivity index (χ0) is 13.7. The van der Waals surface area contributed by atoms with E-state index in [2.05, 4.69) is 24.8 Å². The molecule has 1 aromatic carbocycles. The minimum atomic E-state index is -0.403. The van der Waals surface area contributed by atoms with Gasteiger partial charge in [0, 0.05) is 6.54 Å². The maximum atomic E-state index is 10.0. The molecule has 1 aromatic rings. The zero-order valence-electron chi connectivity index (χ0n) is 12.5. The average Bonchev–Trinajstić information content (AvgIpc) is 2.41. The molecule has 1 atom stereocenters. The Kier molecular flexibility index (Phi) is 7.35. The molecule has 0 amide bonds. The van der Waals surface area contributed by atoms with E-state index in [4.69, 9.17) is 4.74 Å². The number of nitrogens with zero attached hydrogens (tertiary/aromatic N) is 1. The molecule has 1 heterocycles. The van der Waals surface area contributed by atoms with Gasteiger partial charge in [-0.3, -0.25) is 0 Å². The standard InChI is InChI=1S/C16H25NO2.ClH/c1-13-6-7-16(10-14(13)2)19-12-15(18)11-17-8-4-3-5-9-17;/h6-7,10,15,18H,3-5,8-9,11-12H2,1-2H3;1H. The number of aliphatic hydroxyl groups is 1. The van der Waals surface area contributed by atoms with Crippen molar-refractivity contribution in [3.8, 4) is 5.75 Å². The normalized spacial score (nSPS) is 17.4. The van der Waals surface area contributed by atoms with Crippen LogP contribution in [0.1, 0.15) is 30.4 Å². The van der Waals surface area contributed by atoms with Crippen molar-refractivity contribution in [2.45, 2.75) is 39.2 Å². The topological polar surface area (TPSA) is 32.7 Å². The fourth-order valence-corrected chi connectivity index (χ4v) is 2.49. The Morgan fingerprint density at radius 3 is 2.50 bits per heavy atom. The summed E-state index contributed by atoms with van der Waals surface area (Å²) in [6, 6.07) is 6.06. The third-order valence-corrected chi connectivity index (χ3v) is 3.84. The molecule has 1 unspecified atom stereocenters. The number of benzene rings is 1. The van der Waals surface area contributed by atoms with Gasteiger partial charge in [-0.2, -0.15) is 0 Å². The number of halogens is 1. The number of hydrogen-bond acceptors (Lipinski definition) is 3. The van der Waals surface area contributed by atoms with Gasteiger partial charge in [-0.1, -0.05) is 12.5 Å². The molecule has 0 bridgehead atoms. The fraction of sp³-hybridized carbons (Fsp3) is 0.625. The predicted octanol–water partition coefficient (Wildman–Crippen LogP) is 2.95. The summed E-state index contributed by atoms with van der Waals surface area (Å²) in [6.45, 7) is 7.49. The average molecular weight is 300 g/mol. The lowest BCUT2D eigenvalue weighted by atomic mass is 10.1. The van der Waals surface area contributed by atoms with Crippen molar-refractivity contribution in [2.75, 3.05) is 26.2 Å². The van der Waals surface area contributed by atoms with E-state index in [1.54, 1.807) is 0 Å². The Morgan fingerprint density at radius 2 is 1.85 bits per heavy atom. The number of hydrogen-bond donors (Lipinski definition) is 1. The van der Waals surface area contributed by atoms with Crippen molar-refractivity contribution in [2.24, 2.45) is 0 Å². The highest BCUT2D eigenvalue weighted by Crippen LogP contribution is 2.17. The number of piperidine rings is 1. The van der Waals surface area contributed by atoms with Crippen LogP contribution in [0.5, 0.6) is 5.75 Å². The number of rotatable bonds is 5. The fourth-order valence-electron chi connectivity index (χ4n) is 2.49. The molecule has 20 heavy (non-hydrogen) atoms. The molecule has 0 aliphatic carbocycles. The van der Waals surface area contributed by atoms with E-state index in [-0.39, 0.29) is 12.4 Å². The molecular weight excluding hydrogens is 274 g/mol. The molecule has 0 saturated carbocycles. The van der Waals surface area contributed by atoms with Crippen molar-refractivity contribution in [1.29, 1.82) is 0 Å². The molecular formula is C16H26ClNO2. The van der Waals surface area contributed by atoms with Crippen LogP contribution < -0.4 is 4.74 Å². The first-order valence-corrected chi connectivity index (χ1v) is 7.25. The third kappa shape index (κ3) is 5.31. The van der Waals surface area contributed by atoms with E-state index < -0.39 is 6.10 Å². The van der Waals surface area contributed by atoms with Gasteiger partial charge < -0.3 is 14.7 Å². The molecule has 1 aliphatic rings. The monoisotopic (exact) mass is 299 g/mol. The summed E-state index contributed by atoms with van der Waals surface area (Å²) < 4.78 is 5.67. The van der Waals surface area contributed by atoms with E-state index in [0.29, 0.717) is 6.61 Å². The molecule has 1 aliphatic heterocycles. The van der Waals surface area contributed by atoms with E-state index >= 15 is 0 Å². The first-order chi connectivity index (χ1) is 9.15. The maximum absolute atomic E-state index is 10.0. The summed E-state index contributed by atoms with van der Waals surface area (Å²) in [5, 5.41) is 10.0. The summed E-state index contributed by atoms with van der Waals surface area (Å²) in [7, 11) is 0. The van der Waals surface area contributed by atoms with Gasteiger partial charge in [-0.05, 0) is 63.0 Å². The second-order valence-corrected chi connectivity index (χ2v) is 5.57. The number of likely N-dealkylation sites (tertiary alicyclic amines) is 1. The summed E-state index contributed by atoms with van der Waals surface area (Å²) in [5.74, 6) is 0.848. The summed E-state index contributed by atoms with van der Waals surface area (Å²) in [5.41, 5.74) is 2.49. The van der Waals surface area contributed by atoms with Gasteiger partial charge in [0.15, 0.2) is 0 Å². The first kappa shape index (κ1) is 17.3. The summed E-state index contributed by atoms with van der Waals surface area (Å²) >= 11 is 0. The predicted molar refractivity (Wildman–Crippen MR) is 85.0 cm³/mol. The minimum absolute atomic E-state index is 0. The highest BCUT2D eigenvalue weighted by molar-refractivity contribution is 5.85. The van der Waals surface area contributed by atoms with Crippen molar-refractivity contribution < 1.29 is 9.84 Å². The van der Waals surface area contributed by atoms with Crippen LogP contribution in [-0.2, 0) is 0 Å². The van der Waals surface area contributed by atoms with Crippen LogP contribution in [0.25, 0.3) is 0 Å². The molecule has 1 N–H and O–H groups in total. The molecule has 1 fully saturated rings. The molecule has 1 saturated heterocycles. The highest BCUT2D eigenvalue weighted by atomic mass is 35.5. The van der Waals surface area contributed by atoms with E-state index in [1.807, 2.05) is 12.1 Å². The highest BCUT2D eigenvalue weighted by Gasteiger charge is 2.15. The smallest absolute Gasteiger partial charge is 0.119 e. The Bertz CT molecular complexity index is 405. The Balaban J connectivity index is 0.00000200. The number of ether oxygens (including phenoxy) is 1. The molecule has 0 aromatic heterocycles. The molecule has 114 valence electrons. The van der Waals surface area contributed by atoms with Crippen LogP contribution >= 0.6 is 12.4 Å². The van der Waals surface area contributed by atoms with E-state index in [1.165, 1.54) is 30.4 Å². The third-order valence-electron chi connectivity index (χ3n) is 3.84. The molecule has 3 nitrogen and oxygen atoms in total. The van der Waals surface area contributed by atoms with Gasteiger partial charge >= 0.3 is 0 Å². The minimum Gasteiger partial charge on any atom is -0.491 e. The lowest BCUT2D eigenvalue weighted by molar-refractivity contribution is 0.0617. The van der Waals surface area contributed by atoms with Gasteiger partial charge in [-0.25, -0.2) is 0 Å². The first-order valence-electron chi connectivity index (χ1n) is 7.25. The van der Waals surface area contributed by atoms with Gasteiger partial charge in [0.25, 0.3) is 0 Å². The van der Waals surface area contributed by atoms with Crippen molar-refractivity contribution in [3.63, 3.8) is 0 Å². The van der Waals surface area contributed by atoms with Crippen molar-refractivity contribution in [3.05, 3.63) is 29.3 Å². The lowest BCUT2D eigenvalue weighted by Crippen LogP contribution is -2.38. The number of aryl methyl sites for hydroxylation is 2. The molecule has 2 rings (SSSR count).